The van der Waals surface area contributed by atoms with Gasteiger partial charge >= 0.3 is 0 Å². The molecule has 5 saturated heterocycles. The highest BCUT2D eigenvalue weighted by Crippen LogP contribution is 2.71. The minimum Gasteiger partial charge on any atom is -0.388 e. The number of fused-ring (bicyclic) bond motifs is 7. The highest BCUT2D eigenvalue weighted by Gasteiger charge is 2.69. The smallest absolute Gasteiger partial charge is 0.192 e. The maximum Gasteiger partial charge on any atom is 0.192 e. The number of aliphatic hydroxyl groups is 8. The van der Waals surface area contributed by atoms with E-state index in [1.165, 1.54) is 12.8 Å². The highest BCUT2D eigenvalue weighted by atomic mass is 16.8. The van der Waals surface area contributed by atoms with Crippen molar-refractivity contribution in [2.24, 2.45) is 52.3 Å². The van der Waals surface area contributed by atoms with E-state index < -0.39 is 85.9 Å². The second-order valence-corrected chi connectivity index (χ2v) is 20.3. The molecule has 16 heteroatoms. The van der Waals surface area contributed by atoms with Gasteiger partial charge in [0.25, 0.3) is 0 Å². The fraction of sp³-hybridized carbons (Fsp3) is 1.00. The largest absolute Gasteiger partial charge is 0.388 e. The summed E-state index contributed by atoms with van der Waals surface area (Å²) >= 11 is 0. The Bertz CT molecular complexity index is 1450. The first-order chi connectivity index (χ1) is 27.5. The van der Waals surface area contributed by atoms with Crippen LogP contribution in [0.5, 0.6) is 0 Å². The predicted octanol–water partition coefficient (Wildman–Crippen LogP) is 0.502. The van der Waals surface area contributed by atoms with Crippen LogP contribution in [0.3, 0.4) is 0 Å². The van der Waals surface area contributed by atoms with E-state index >= 15 is 0 Å². The van der Waals surface area contributed by atoms with Gasteiger partial charge in [-0.15, -0.1) is 0 Å². The Morgan fingerprint density at radius 1 is 0.569 bits per heavy atom. The first-order valence-electron chi connectivity index (χ1n) is 22.2. The van der Waals surface area contributed by atoms with Crippen molar-refractivity contribution < 1.29 is 78.7 Å². The Balaban J connectivity index is 0.865. The topological polar surface area (TPSA) is 236 Å². The molecule has 0 aromatic carbocycles. The lowest BCUT2D eigenvalue weighted by molar-refractivity contribution is -0.415. The van der Waals surface area contributed by atoms with Crippen molar-refractivity contribution in [1.29, 1.82) is 0 Å². The molecule has 0 amide bonds. The number of aliphatic hydroxyl groups excluding tert-OH is 8. The van der Waals surface area contributed by atoms with Crippen LogP contribution in [-0.2, 0) is 37.9 Å². The lowest BCUT2D eigenvalue weighted by Crippen LogP contribution is -2.65. The van der Waals surface area contributed by atoms with Crippen molar-refractivity contribution in [2.45, 2.75) is 190 Å². The maximum absolute atomic E-state index is 11.5. The Kier molecular flexibility index (Phi) is 11.7. The second-order valence-electron chi connectivity index (χ2n) is 20.3. The first-order valence-corrected chi connectivity index (χ1v) is 22.2. The molecule has 0 aromatic rings. The van der Waals surface area contributed by atoms with Crippen LogP contribution in [0.1, 0.15) is 91.9 Å². The van der Waals surface area contributed by atoms with E-state index in [1.807, 2.05) is 0 Å². The third kappa shape index (κ3) is 6.96. The van der Waals surface area contributed by atoms with Gasteiger partial charge in [-0.2, -0.15) is 0 Å². The summed E-state index contributed by atoms with van der Waals surface area (Å²) in [7, 11) is 0. The zero-order valence-electron chi connectivity index (χ0n) is 34.2. The van der Waals surface area contributed by atoms with Gasteiger partial charge in [0.05, 0.1) is 32.0 Å². The summed E-state index contributed by atoms with van der Waals surface area (Å²) in [6.07, 6.45) is -10.1. The van der Waals surface area contributed by atoms with Crippen LogP contribution in [-0.4, -0.2) is 159 Å². The van der Waals surface area contributed by atoms with Gasteiger partial charge in [-0.3, -0.25) is 0 Å². The van der Waals surface area contributed by atoms with Gasteiger partial charge in [-0.25, -0.2) is 0 Å². The van der Waals surface area contributed by atoms with Crippen LogP contribution in [0.4, 0.5) is 0 Å². The SMILES string of the molecule is C[C@@H]1CC[C@@]2(OC1)O[C@@H]1C[C@H]3[C@@H]4CC[C@H]5C[C@H](O[C@H]6O[C@@H](O[C@H]7OC[C@H](O)[C@@H](O)[C@@H]7O)[C@H](O[C@H]7OC[C@H](O)[C@@H](O)[C@@H]7O)[C@@H](O)[C@@H]6O)CC[C@@]5(C)[C@H]4CC[C@@]3(C)[C@@H]1[C@H]2C. The third-order valence-corrected chi connectivity index (χ3v) is 17.2. The summed E-state index contributed by atoms with van der Waals surface area (Å²) in [5, 5.41) is 84.6. The van der Waals surface area contributed by atoms with Gasteiger partial charge in [-0.1, -0.05) is 27.7 Å². The molecule has 4 saturated carbocycles. The Labute approximate surface area is 340 Å². The predicted molar refractivity (Wildman–Crippen MR) is 199 cm³/mol. The second kappa shape index (κ2) is 15.9. The quantitative estimate of drug-likeness (QED) is 0.170. The molecule has 5 aliphatic heterocycles. The lowest BCUT2D eigenvalue weighted by Gasteiger charge is -2.61. The number of hydrogen-bond acceptors (Lipinski definition) is 16. The highest BCUT2D eigenvalue weighted by molar-refractivity contribution is 5.15. The summed E-state index contributed by atoms with van der Waals surface area (Å²) in [5.41, 5.74) is 0.367. The van der Waals surface area contributed by atoms with Crippen molar-refractivity contribution in [3.8, 4) is 0 Å². The zero-order valence-corrected chi connectivity index (χ0v) is 34.2. The van der Waals surface area contributed by atoms with Crippen LogP contribution in [0.25, 0.3) is 0 Å². The molecule has 0 unspecified atom stereocenters. The van der Waals surface area contributed by atoms with E-state index in [4.69, 9.17) is 37.9 Å². The molecule has 9 aliphatic rings. The van der Waals surface area contributed by atoms with E-state index in [0.717, 1.165) is 58.0 Å². The minimum atomic E-state index is -1.73. The zero-order chi connectivity index (χ0) is 41.1. The molecule has 1 spiro atoms. The van der Waals surface area contributed by atoms with E-state index in [-0.39, 0.29) is 36.3 Å². The van der Waals surface area contributed by atoms with E-state index in [2.05, 4.69) is 27.7 Å². The summed E-state index contributed by atoms with van der Waals surface area (Å²) < 4.78 is 48.7. The Morgan fingerprint density at radius 3 is 1.90 bits per heavy atom. The van der Waals surface area contributed by atoms with Crippen molar-refractivity contribution in [2.75, 3.05) is 19.8 Å². The molecule has 332 valence electrons. The average Bonchev–Trinajstić information content (AvgIpc) is 3.65. The Morgan fingerprint density at radius 2 is 1.22 bits per heavy atom. The van der Waals surface area contributed by atoms with Crippen LogP contribution in [0.15, 0.2) is 0 Å². The van der Waals surface area contributed by atoms with E-state index in [9.17, 15) is 40.9 Å². The third-order valence-electron chi connectivity index (χ3n) is 17.2. The maximum atomic E-state index is 11.5. The van der Waals surface area contributed by atoms with Crippen molar-refractivity contribution in [3.63, 3.8) is 0 Å². The molecule has 8 N–H and O–H groups in total. The Hall–Kier alpha value is -0.640. The van der Waals surface area contributed by atoms with Crippen LogP contribution >= 0.6 is 0 Å². The molecule has 0 aromatic heterocycles. The van der Waals surface area contributed by atoms with Gasteiger partial charge in [0.1, 0.15) is 54.9 Å². The van der Waals surface area contributed by atoms with Crippen molar-refractivity contribution in [3.05, 3.63) is 0 Å². The molecule has 16 nitrogen and oxygen atoms in total. The first kappa shape index (κ1) is 42.7. The molecule has 0 bridgehead atoms. The standard InChI is InChI=1S/C42H68O16/c1-18-7-12-42(53-15-18)19(2)28-27(58-42)14-24-22-6-5-20-13-21(8-10-40(20,3)23(22)9-11-41(24,28)4)54-38-34(50)31(47)35(55-36-32(48)29(45)25(43)16-51-36)39(57-38)56-37-33(49)30(46)26(44)17-52-37/h18-39,43-50H,5-17H2,1-4H3/t18-,19-,20+,21-,22-,23+,24+,25+,26+,27-,28-,29-,30-,31+,32+,33+,34+,35-,36-,37-,38+,39-,40-,41-,42-/m1/s1. The van der Waals surface area contributed by atoms with Gasteiger partial charge in [0.15, 0.2) is 30.9 Å². The number of ether oxygens (including phenoxy) is 8. The van der Waals surface area contributed by atoms with Crippen LogP contribution < -0.4 is 0 Å². The normalized spacial score (nSPS) is 59.6. The number of hydrogen-bond donors (Lipinski definition) is 8. The number of rotatable bonds is 6. The molecule has 4 aliphatic carbocycles. The summed E-state index contributed by atoms with van der Waals surface area (Å²) in [6.45, 7) is 9.73. The van der Waals surface area contributed by atoms with Gasteiger partial charge in [-0.05, 0) is 104 Å². The molecule has 9 fully saturated rings. The fourth-order valence-electron chi connectivity index (χ4n) is 13.8. The van der Waals surface area contributed by atoms with Gasteiger partial charge in [0, 0.05) is 12.3 Å². The van der Waals surface area contributed by atoms with E-state index in [0.29, 0.717) is 41.4 Å². The van der Waals surface area contributed by atoms with Crippen molar-refractivity contribution >= 4 is 0 Å². The summed E-state index contributed by atoms with van der Waals surface area (Å²) in [6, 6.07) is 0. The molecule has 25 atom stereocenters. The van der Waals surface area contributed by atoms with Crippen LogP contribution in [0, 0.1) is 52.3 Å². The average molecular weight is 829 g/mol. The van der Waals surface area contributed by atoms with Crippen LogP contribution in [0.2, 0.25) is 0 Å². The lowest BCUT2D eigenvalue weighted by atomic mass is 9.44. The monoisotopic (exact) mass is 828 g/mol. The van der Waals surface area contributed by atoms with Gasteiger partial charge < -0.3 is 78.7 Å². The minimum absolute atomic E-state index is 0.132. The van der Waals surface area contributed by atoms with E-state index in [1.54, 1.807) is 0 Å². The molecule has 0 radical (unpaired) electrons. The summed E-state index contributed by atoms with van der Waals surface area (Å²) in [4.78, 5) is 0. The fourth-order valence-corrected chi connectivity index (χ4v) is 13.8. The molecule has 58 heavy (non-hydrogen) atoms. The molecular weight excluding hydrogens is 760 g/mol. The molecular formula is C42H68O16. The summed E-state index contributed by atoms with van der Waals surface area (Å²) in [5.74, 6) is 3.32. The molecule has 9 rings (SSSR count). The van der Waals surface area contributed by atoms with Crippen molar-refractivity contribution in [1.82, 2.24) is 0 Å². The van der Waals surface area contributed by atoms with Gasteiger partial charge in [0.2, 0.25) is 0 Å². The molecule has 5 heterocycles.